The van der Waals surface area contributed by atoms with Gasteiger partial charge in [0.05, 0.1) is 6.61 Å². The molecule has 0 radical (unpaired) electrons. The zero-order chi connectivity index (χ0) is 21.8. The molecule has 1 saturated heterocycles. The van der Waals surface area contributed by atoms with Crippen LogP contribution in [0.1, 0.15) is 28.5 Å². The van der Waals surface area contributed by atoms with Crippen LogP contribution in [0.3, 0.4) is 0 Å². The zero-order valence-electron chi connectivity index (χ0n) is 18.2. The van der Waals surface area contributed by atoms with Gasteiger partial charge in [-0.1, -0.05) is 12.1 Å². The van der Waals surface area contributed by atoms with Gasteiger partial charge in [0.15, 0.2) is 5.13 Å². The summed E-state index contributed by atoms with van der Waals surface area (Å²) >= 11 is 1.44. The highest BCUT2D eigenvalue weighted by Gasteiger charge is 2.24. The van der Waals surface area contributed by atoms with Gasteiger partial charge in [-0.25, -0.2) is 4.98 Å². The average molecular weight is 437 g/mol. The van der Waals surface area contributed by atoms with Crippen molar-refractivity contribution in [1.29, 1.82) is 0 Å². The normalized spacial score (nSPS) is 13.9. The third kappa shape index (κ3) is 4.99. The summed E-state index contributed by atoms with van der Waals surface area (Å²) in [6.07, 6.45) is 0. The van der Waals surface area contributed by atoms with Gasteiger partial charge in [0.2, 0.25) is 0 Å². The number of thiazole rings is 1. The SMILES string of the molecule is CCOc1ccc(Nc2nc(C(=O)N3CCN(c4cc(C)ccc4C)CC3)cs2)cc1. The van der Waals surface area contributed by atoms with Crippen molar-refractivity contribution in [3.05, 3.63) is 64.7 Å². The molecule has 0 saturated carbocycles. The van der Waals surface area contributed by atoms with Crippen molar-refractivity contribution in [3.8, 4) is 5.75 Å². The molecule has 6 nitrogen and oxygen atoms in total. The maximum absolute atomic E-state index is 13.0. The summed E-state index contributed by atoms with van der Waals surface area (Å²) in [5.74, 6) is 0.833. The van der Waals surface area contributed by atoms with Crippen LogP contribution in [0.5, 0.6) is 5.75 Å². The molecule has 1 fully saturated rings. The first-order valence-electron chi connectivity index (χ1n) is 10.6. The molecule has 4 rings (SSSR count). The quantitative estimate of drug-likeness (QED) is 0.598. The summed E-state index contributed by atoms with van der Waals surface area (Å²) < 4.78 is 5.47. The smallest absolute Gasteiger partial charge is 0.273 e. The van der Waals surface area contributed by atoms with Crippen molar-refractivity contribution >= 4 is 33.8 Å². The number of carbonyl (C=O) groups excluding carboxylic acids is 1. The molecule has 162 valence electrons. The fraction of sp³-hybridized carbons (Fsp3) is 0.333. The Morgan fingerprint density at radius 1 is 1.10 bits per heavy atom. The number of aryl methyl sites for hydroxylation is 2. The average Bonchev–Trinajstić information content (AvgIpc) is 3.25. The van der Waals surface area contributed by atoms with Crippen LogP contribution in [0.25, 0.3) is 0 Å². The third-order valence-electron chi connectivity index (χ3n) is 5.41. The van der Waals surface area contributed by atoms with Crippen molar-refractivity contribution in [2.75, 3.05) is 43.0 Å². The van der Waals surface area contributed by atoms with Crippen molar-refractivity contribution in [2.24, 2.45) is 0 Å². The van der Waals surface area contributed by atoms with E-state index >= 15 is 0 Å². The predicted molar refractivity (Wildman–Crippen MR) is 127 cm³/mol. The van der Waals surface area contributed by atoms with E-state index in [9.17, 15) is 4.79 Å². The Morgan fingerprint density at radius 3 is 2.55 bits per heavy atom. The van der Waals surface area contributed by atoms with Gasteiger partial charge in [0.1, 0.15) is 11.4 Å². The van der Waals surface area contributed by atoms with E-state index < -0.39 is 0 Å². The van der Waals surface area contributed by atoms with Gasteiger partial charge in [-0.05, 0) is 62.2 Å². The molecule has 2 aromatic carbocycles. The first kappa shape index (κ1) is 21.2. The monoisotopic (exact) mass is 436 g/mol. The molecule has 31 heavy (non-hydrogen) atoms. The fourth-order valence-electron chi connectivity index (χ4n) is 3.73. The van der Waals surface area contributed by atoms with Gasteiger partial charge in [-0.15, -0.1) is 11.3 Å². The van der Waals surface area contributed by atoms with Crippen LogP contribution in [0.4, 0.5) is 16.5 Å². The number of aromatic nitrogens is 1. The number of piperazine rings is 1. The number of amides is 1. The minimum Gasteiger partial charge on any atom is -0.494 e. The summed E-state index contributed by atoms with van der Waals surface area (Å²) in [7, 11) is 0. The van der Waals surface area contributed by atoms with Crippen LogP contribution in [-0.4, -0.2) is 48.6 Å². The minimum absolute atomic E-state index is 0.00314. The standard InChI is InChI=1S/C24H28N4O2S/c1-4-30-20-9-7-19(8-10-20)25-24-26-21(16-31-24)23(29)28-13-11-27(12-14-28)22-15-17(2)5-6-18(22)3/h5-10,15-16H,4,11-14H2,1-3H3,(H,25,26). The van der Waals surface area contributed by atoms with Crippen molar-refractivity contribution < 1.29 is 9.53 Å². The van der Waals surface area contributed by atoms with Crippen LogP contribution in [0.2, 0.25) is 0 Å². The van der Waals surface area contributed by atoms with E-state index in [1.807, 2.05) is 41.5 Å². The van der Waals surface area contributed by atoms with E-state index in [-0.39, 0.29) is 5.91 Å². The van der Waals surface area contributed by atoms with Gasteiger partial charge < -0.3 is 19.9 Å². The van der Waals surface area contributed by atoms with E-state index in [1.165, 1.54) is 28.2 Å². The van der Waals surface area contributed by atoms with E-state index in [1.54, 1.807) is 0 Å². The van der Waals surface area contributed by atoms with Crippen LogP contribution >= 0.6 is 11.3 Å². The molecule has 1 N–H and O–H groups in total. The first-order valence-corrected chi connectivity index (χ1v) is 11.5. The van der Waals surface area contributed by atoms with Gasteiger partial charge in [-0.2, -0.15) is 0 Å². The summed E-state index contributed by atoms with van der Waals surface area (Å²) in [4.78, 5) is 21.7. The lowest BCUT2D eigenvalue weighted by atomic mass is 10.1. The van der Waals surface area contributed by atoms with Gasteiger partial charge in [-0.3, -0.25) is 4.79 Å². The number of hydrogen-bond donors (Lipinski definition) is 1. The number of carbonyl (C=O) groups is 1. The molecule has 3 aromatic rings. The van der Waals surface area contributed by atoms with Crippen LogP contribution in [0.15, 0.2) is 47.8 Å². The molecular weight excluding hydrogens is 408 g/mol. The molecule has 7 heteroatoms. The van der Waals surface area contributed by atoms with Crippen molar-refractivity contribution in [2.45, 2.75) is 20.8 Å². The summed E-state index contributed by atoms with van der Waals surface area (Å²) in [6.45, 7) is 9.92. The third-order valence-corrected chi connectivity index (χ3v) is 6.17. The van der Waals surface area contributed by atoms with Crippen LogP contribution in [-0.2, 0) is 0 Å². The number of ether oxygens (including phenoxy) is 1. The molecule has 1 aromatic heterocycles. The molecule has 0 aliphatic carbocycles. The van der Waals surface area contributed by atoms with E-state index in [0.717, 1.165) is 24.5 Å². The zero-order valence-corrected chi connectivity index (χ0v) is 19.0. The molecule has 2 heterocycles. The Labute approximate surface area is 187 Å². The number of anilines is 3. The number of benzene rings is 2. The Kier molecular flexibility index (Phi) is 6.42. The second kappa shape index (κ2) is 9.39. The molecule has 1 aliphatic rings. The Balaban J connectivity index is 1.35. The highest BCUT2D eigenvalue weighted by Crippen LogP contribution is 2.25. The topological polar surface area (TPSA) is 57.7 Å². The second-order valence-electron chi connectivity index (χ2n) is 7.69. The Morgan fingerprint density at radius 2 is 1.84 bits per heavy atom. The summed E-state index contributed by atoms with van der Waals surface area (Å²) in [6, 6.07) is 14.3. The number of nitrogens with zero attached hydrogens (tertiary/aromatic N) is 3. The molecule has 0 unspecified atom stereocenters. The minimum atomic E-state index is -0.00314. The lowest BCUT2D eigenvalue weighted by molar-refractivity contribution is 0.0742. The van der Waals surface area contributed by atoms with Gasteiger partial charge in [0, 0.05) is 42.9 Å². The largest absolute Gasteiger partial charge is 0.494 e. The maximum atomic E-state index is 13.0. The van der Waals surface area contributed by atoms with Gasteiger partial charge >= 0.3 is 0 Å². The first-order chi connectivity index (χ1) is 15.0. The Hall–Kier alpha value is -3.06. The van der Waals surface area contributed by atoms with Crippen molar-refractivity contribution in [1.82, 2.24) is 9.88 Å². The highest BCUT2D eigenvalue weighted by molar-refractivity contribution is 7.14. The number of hydrogen-bond acceptors (Lipinski definition) is 6. The summed E-state index contributed by atoms with van der Waals surface area (Å²) in [5, 5.41) is 5.80. The van der Waals surface area contributed by atoms with E-state index in [2.05, 4.69) is 47.2 Å². The van der Waals surface area contributed by atoms with E-state index in [4.69, 9.17) is 4.74 Å². The molecule has 1 aliphatic heterocycles. The summed E-state index contributed by atoms with van der Waals surface area (Å²) in [5.41, 5.74) is 5.21. The number of nitrogens with one attached hydrogen (secondary N) is 1. The molecule has 0 bridgehead atoms. The molecule has 1 amide bonds. The van der Waals surface area contributed by atoms with Gasteiger partial charge in [0.25, 0.3) is 5.91 Å². The fourth-order valence-corrected chi connectivity index (χ4v) is 4.43. The molecular formula is C24H28N4O2S. The second-order valence-corrected chi connectivity index (χ2v) is 8.55. The molecule has 0 spiro atoms. The Bertz CT molecular complexity index is 1040. The number of rotatable bonds is 6. The highest BCUT2D eigenvalue weighted by atomic mass is 32.1. The predicted octanol–water partition coefficient (Wildman–Crippen LogP) is 4.86. The lowest BCUT2D eigenvalue weighted by Crippen LogP contribution is -2.49. The maximum Gasteiger partial charge on any atom is 0.273 e. The van der Waals surface area contributed by atoms with Crippen molar-refractivity contribution in [3.63, 3.8) is 0 Å². The van der Waals surface area contributed by atoms with Crippen LogP contribution < -0.4 is 15.0 Å². The van der Waals surface area contributed by atoms with E-state index in [0.29, 0.717) is 30.5 Å². The molecule has 0 atom stereocenters. The lowest BCUT2D eigenvalue weighted by Gasteiger charge is -2.36. The van der Waals surface area contributed by atoms with Crippen LogP contribution in [0, 0.1) is 13.8 Å².